The van der Waals surface area contributed by atoms with E-state index in [9.17, 15) is 0 Å². The van der Waals surface area contributed by atoms with Crippen LogP contribution in [-0.2, 0) is 28.1 Å². The number of hydrogen-bond donors (Lipinski definition) is 0. The Bertz CT molecular complexity index is 543. The van der Waals surface area contributed by atoms with Crippen molar-refractivity contribution in [2.45, 2.75) is 12.8 Å². The van der Waals surface area contributed by atoms with Crippen molar-refractivity contribution < 1.29 is 46.5 Å². The Morgan fingerprint density at radius 3 is 2.50 bits per heavy atom. The molecule has 0 amide bonds. The first-order valence-electron chi connectivity index (χ1n) is 5.88. The average Bonchev–Trinajstić information content (AvgIpc) is 3.02. The van der Waals surface area contributed by atoms with Gasteiger partial charge in [-0.1, -0.05) is 12.1 Å². The van der Waals surface area contributed by atoms with Gasteiger partial charge in [0.15, 0.2) is 0 Å². The topological polar surface area (TPSA) is 0 Å². The Kier molecular flexibility index (Phi) is 13.1. The van der Waals surface area contributed by atoms with E-state index in [0.29, 0.717) is 0 Å². The van der Waals surface area contributed by atoms with Gasteiger partial charge in [-0.25, -0.2) is 12.2 Å². The third-order valence-corrected chi connectivity index (χ3v) is 2.72. The second-order valence-corrected chi connectivity index (χ2v) is 3.94. The molecule has 0 aromatic heterocycles. The minimum Gasteiger partial charge on any atom is -1.00 e. The van der Waals surface area contributed by atoms with Gasteiger partial charge < -0.3 is 24.8 Å². The van der Waals surface area contributed by atoms with Gasteiger partial charge in [0.25, 0.3) is 0 Å². The van der Waals surface area contributed by atoms with E-state index in [-0.39, 0.29) is 46.5 Å². The van der Waals surface area contributed by atoms with Gasteiger partial charge in [-0.15, -0.1) is 53.6 Å². The van der Waals surface area contributed by atoms with Crippen LogP contribution in [0.5, 0.6) is 0 Å². The number of benzene rings is 1. The molecule has 3 rings (SSSR count). The Hall–Kier alpha value is -0.656. The van der Waals surface area contributed by atoms with Crippen LogP contribution in [0.1, 0.15) is 12.0 Å². The molecule has 0 radical (unpaired) electrons. The summed E-state index contributed by atoms with van der Waals surface area (Å²) in [5.41, 5.74) is 1.38. The van der Waals surface area contributed by atoms with Crippen molar-refractivity contribution in [2.75, 3.05) is 0 Å². The summed E-state index contributed by atoms with van der Waals surface area (Å²) in [4.78, 5) is 0. The van der Waals surface area contributed by atoms with Crippen molar-refractivity contribution in [3.63, 3.8) is 0 Å². The third kappa shape index (κ3) is 6.20. The SMILES string of the molecule is C=CC[c-]1ccc2ccccc21.[C-]1=CC=CC1.[Cl-].[Cl-].[Ti+4]. The summed E-state index contributed by atoms with van der Waals surface area (Å²) in [7, 11) is 0. The quantitative estimate of drug-likeness (QED) is 0.359. The van der Waals surface area contributed by atoms with Crippen LogP contribution in [0.15, 0.2) is 67.3 Å². The van der Waals surface area contributed by atoms with Crippen LogP contribution >= 0.6 is 0 Å². The molecule has 3 heteroatoms. The normalized spacial score (nSPS) is 10.6. The summed E-state index contributed by atoms with van der Waals surface area (Å²) in [6.07, 6.45) is 12.9. The molecule has 0 fully saturated rings. The number of rotatable bonds is 2. The fourth-order valence-electron chi connectivity index (χ4n) is 1.89. The van der Waals surface area contributed by atoms with Gasteiger partial charge in [0.1, 0.15) is 0 Å². The molecule has 0 aliphatic heterocycles. The van der Waals surface area contributed by atoms with Crippen LogP contribution in [0.3, 0.4) is 0 Å². The molecular weight excluding hydrogens is 323 g/mol. The van der Waals surface area contributed by atoms with Gasteiger partial charge in [-0.2, -0.15) is 12.1 Å². The van der Waals surface area contributed by atoms with Gasteiger partial charge >= 0.3 is 21.7 Å². The van der Waals surface area contributed by atoms with Crippen LogP contribution in [-0.4, -0.2) is 0 Å². The van der Waals surface area contributed by atoms with E-state index >= 15 is 0 Å². The van der Waals surface area contributed by atoms with E-state index in [0.717, 1.165) is 12.8 Å². The van der Waals surface area contributed by atoms with Crippen LogP contribution in [0, 0.1) is 6.08 Å². The van der Waals surface area contributed by atoms with Crippen molar-refractivity contribution in [3.8, 4) is 0 Å². The Morgan fingerprint density at radius 1 is 1.20 bits per heavy atom. The molecule has 1 aliphatic carbocycles. The van der Waals surface area contributed by atoms with E-state index in [1.807, 2.05) is 18.2 Å². The number of halogens is 2. The second-order valence-electron chi connectivity index (χ2n) is 3.94. The minimum absolute atomic E-state index is 0. The summed E-state index contributed by atoms with van der Waals surface area (Å²) in [5.74, 6) is 0. The van der Waals surface area contributed by atoms with Crippen molar-refractivity contribution >= 4 is 10.8 Å². The molecule has 0 atom stereocenters. The average molecular weight is 339 g/mol. The van der Waals surface area contributed by atoms with Crippen LogP contribution in [0.2, 0.25) is 0 Å². The molecule has 20 heavy (non-hydrogen) atoms. The zero-order valence-corrected chi connectivity index (χ0v) is 14.2. The van der Waals surface area contributed by atoms with Gasteiger partial charge in [-0.05, 0) is 6.42 Å². The maximum Gasteiger partial charge on any atom is 4.00 e. The standard InChI is InChI=1S/C12H11.C5H5.2ClH.Ti/c1-2-5-10-8-9-11-6-3-4-7-12(10)11;1-2-4-5-3-1;;;/h2-4,6-9H,1,5H2;1-3H,4H2;2*1H;/q2*-1;;;+4/p-2. The Balaban J connectivity index is 0. The van der Waals surface area contributed by atoms with Crippen molar-refractivity contribution in [1.29, 1.82) is 0 Å². The van der Waals surface area contributed by atoms with Crippen LogP contribution in [0.4, 0.5) is 0 Å². The second kappa shape index (κ2) is 12.1. The molecule has 0 saturated carbocycles. The summed E-state index contributed by atoms with van der Waals surface area (Å²) in [6.45, 7) is 3.74. The molecule has 2 aromatic rings. The monoisotopic (exact) mass is 338 g/mol. The maximum absolute atomic E-state index is 3.74. The predicted molar refractivity (Wildman–Crippen MR) is 75.0 cm³/mol. The van der Waals surface area contributed by atoms with Gasteiger partial charge in [0, 0.05) is 0 Å². The Labute approximate surface area is 148 Å². The smallest absolute Gasteiger partial charge is 1.00 e. The van der Waals surface area contributed by atoms with E-state index in [1.165, 1.54) is 16.3 Å². The van der Waals surface area contributed by atoms with E-state index in [2.05, 4.69) is 55.1 Å². The molecule has 102 valence electrons. The van der Waals surface area contributed by atoms with E-state index < -0.39 is 0 Å². The summed E-state index contributed by atoms with van der Waals surface area (Å²) in [6, 6.07) is 12.8. The molecule has 0 spiro atoms. The molecule has 0 nitrogen and oxygen atoms in total. The molecule has 0 N–H and O–H groups in total. The first kappa shape index (κ1) is 21.6. The van der Waals surface area contributed by atoms with Crippen LogP contribution < -0.4 is 24.8 Å². The molecule has 0 heterocycles. The number of allylic oxidation sites excluding steroid dienone is 5. The van der Waals surface area contributed by atoms with Crippen molar-refractivity contribution in [2.24, 2.45) is 0 Å². The predicted octanol–water partition coefficient (Wildman–Crippen LogP) is -1.40. The molecule has 2 aromatic carbocycles. The van der Waals surface area contributed by atoms with E-state index in [1.54, 1.807) is 0 Å². The van der Waals surface area contributed by atoms with Gasteiger partial charge in [-0.3, -0.25) is 6.08 Å². The summed E-state index contributed by atoms with van der Waals surface area (Å²) in [5, 5.41) is 2.69. The van der Waals surface area contributed by atoms with Crippen molar-refractivity contribution in [1.82, 2.24) is 0 Å². The first-order chi connectivity index (χ1) is 8.42. The molecule has 0 bridgehead atoms. The number of fused-ring (bicyclic) bond motifs is 1. The maximum atomic E-state index is 3.74. The van der Waals surface area contributed by atoms with E-state index in [4.69, 9.17) is 0 Å². The fourth-order valence-corrected chi connectivity index (χ4v) is 1.89. The molecule has 1 aliphatic rings. The first-order valence-corrected chi connectivity index (χ1v) is 5.88. The van der Waals surface area contributed by atoms with Gasteiger partial charge in [0.05, 0.1) is 0 Å². The molecular formula is C17H16Cl2Ti. The molecule has 0 saturated heterocycles. The third-order valence-electron chi connectivity index (χ3n) is 2.72. The molecule has 0 unspecified atom stereocenters. The zero-order chi connectivity index (χ0) is 11.9. The zero-order valence-electron chi connectivity index (χ0n) is 11.2. The Morgan fingerprint density at radius 2 is 1.95 bits per heavy atom. The summed E-state index contributed by atoms with van der Waals surface area (Å²) < 4.78 is 0. The van der Waals surface area contributed by atoms with Crippen LogP contribution in [0.25, 0.3) is 10.8 Å². The fraction of sp³-hybridized carbons (Fsp3) is 0.118. The van der Waals surface area contributed by atoms with Crippen molar-refractivity contribution in [3.05, 3.63) is 78.9 Å². The minimum atomic E-state index is 0. The summed E-state index contributed by atoms with van der Waals surface area (Å²) >= 11 is 0. The van der Waals surface area contributed by atoms with Gasteiger partial charge in [0.2, 0.25) is 0 Å². The number of hydrogen-bond acceptors (Lipinski definition) is 0. The largest absolute Gasteiger partial charge is 4.00 e.